The molecule has 0 aliphatic carbocycles. The van der Waals surface area contributed by atoms with Crippen molar-refractivity contribution >= 4 is 23.6 Å². The number of carbonyl (C=O) groups is 3. The van der Waals surface area contributed by atoms with Crippen LogP contribution in [0.25, 0.3) is 0 Å². The second kappa shape index (κ2) is 14.2. The summed E-state index contributed by atoms with van der Waals surface area (Å²) in [6.07, 6.45) is -0.691. The number of methoxy groups -OCH3 is 2. The number of fused-ring (bicyclic) bond motifs is 1. The van der Waals surface area contributed by atoms with Crippen molar-refractivity contribution in [2.45, 2.75) is 63.8 Å². The number of hydrogen-bond acceptors (Lipinski definition) is 7. The first kappa shape index (κ1) is 31.1. The van der Waals surface area contributed by atoms with Gasteiger partial charge in [-0.3, -0.25) is 9.59 Å². The molecule has 1 aliphatic heterocycles. The molecule has 40 heavy (non-hydrogen) atoms. The zero-order valence-electron chi connectivity index (χ0n) is 23.8. The van der Waals surface area contributed by atoms with Gasteiger partial charge in [0.15, 0.2) is 0 Å². The highest BCUT2D eigenvalue weighted by Crippen LogP contribution is 2.32. The van der Waals surface area contributed by atoms with Crippen LogP contribution in [0.15, 0.2) is 54.6 Å². The minimum atomic E-state index is -1.00. The Labute approximate surface area is 236 Å². The van der Waals surface area contributed by atoms with Crippen molar-refractivity contribution in [3.8, 4) is 0 Å². The van der Waals surface area contributed by atoms with Gasteiger partial charge in [-0.2, -0.15) is 0 Å². The number of nitrogens with one attached hydrogen (secondary N) is 2. The average molecular weight is 555 g/mol. The molecule has 3 rings (SSSR count). The van der Waals surface area contributed by atoms with Gasteiger partial charge in [0.05, 0.1) is 19.3 Å². The van der Waals surface area contributed by atoms with Gasteiger partial charge in [0.2, 0.25) is 11.8 Å². The van der Waals surface area contributed by atoms with E-state index in [-0.39, 0.29) is 30.8 Å². The number of rotatable bonds is 12. The summed E-state index contributed by atoms with van der Waals surface area (Å²) in [7, 11) is 2.78. The van der Waals surface area contributed by atoms with Gasteiger partial charge in [-0.15, -0.1) is 0 Å². The lowest BCUT2D eigenvalue weighted by molar-refractivity contribution is -0.131. The van der Waals surface area contributed by atoms with Crippen molar-refractivity contribution in [3.05, 3.63) is 65.7 Å². The molecule has 5 N–H and O–H groups in total. The van der Waals surface area contributed by atoms with Gasteiger partial charge < -0.3 is 35.8 Å². The number of carbonyl (C=O) groups excluding carboxylic acids is 3. The summed E-state index contributed by atoms with van der Waals surface area (Å²) >= 11 is 0. The number of benzene rings is 2. The number of anilines is 1. The third-order valence-corrected chi connectivity index (χ3v) is 7.20. The lowest BCUT2D eigenvalue weighted by Gasteiger charge is -2.37. The van der Waals surface area contributed by atoms with Gasteiger partial charge in [0, 0.05) is 44.8 Å². The predicted molar refractivity (Wildman–Crippen MR) is 153 cm³/mol. The van der Waals surface area contributed by atoms with Crippen LogP contribution in [0.3, 0.4) is 0 Å². The van der Waals surface area contributed by atoms with Crippen LogP contribution in [0.2, 0.25) is 0 Å². The Bertz CT molecular complexity index is 1140. The van der Waals surface area contributed by atoms with Crippen LogP contribution >= 0.6 is 0 Å². The van der Waals surface area contributed by atoms with Crippen LogP contribution < -0.4 is 21.3 Å². The van der Waals surface area contributed by atoms with Gasteiger partial charge in [0.1, 0.15) is 6.10 Å². The van der Waals surface area contributed by atoms with E-state index in [0.717, 1.165) is 16.8 Å². The van der Waals surface area contributed by atoms with Crippen molar-refractivity contribution in [1.82, 2.24) is 10.6 Å². The number of hydrogen-bond donors (Lipinski definition) is 4. The van der Waals surface area contributed by atoms with Crippen LogP contribution in [-0.2, 0) is 31.9 Å². The number of aliphatic hydroxyl groups is 1. The largest absolute Gasteiger partial charge is 0.453 e. The van der Waals surface area contributed by atoms with Crippen molar-refractivity contribution < 1.29 is 29.0 Å². The monoisotopic (exact) mass is 554 g/mol. The number of amides is 3. The van der Waals surface area contributed by atoms with Gasteiger partial charge in [-0.25, -0.2) is 4.79 Å². The molecule has 3 amide bonds. The van der Waals surface area contributed by atoms with Crippen molar-refractivity contribution in [3.63, 3.8) is 0 Å². The second-order valence-corrected chi connectivity index (χ2v) is 11.1. The highest BCUT2D eigenvalue weighted by atomic mass is 16.5. The smallest absolute Gasteiger partial charge is 0.407 e. The summed E-state index contributed by atoms with van der Waals surface area (Å²) in [5.74, 6) is -0.432. The number of alkyl carbamates (subject to hydrolysis) is 1. The zero-order chi connectivity index (χ0) is 29.3. The third-order valence-electron chi connectivity index (χ3n) is 7.20. The minimum absolute atomic E-state index is 0.0287. The maximum absolute atomic E-state index is 13.5. The molecule has 2 unspecified atom stereocenters. The van der Waals surface area contributed by atoms with Gasteiger partial charge >= 0.3 is 6.09 Å². The Morgan fingerprint density at radius 3 is 2.45 bits per heavy atom. The fourth-order valence-electron chi connectivity index (χ4n) is 5.09. The molecular weight excluding hydrogens is 512 g/mol. The topological polar surface area (TPSA) is 143 Å². The molecule has 0 saturated carbocycles. The van der Waals surface area contributed by atoms with Gasteiger partial charge in [-0.1, -0.05) is 62.4 Å². The predicted octanol–water partition coefficient (Wildman–Crippen LogP) is 2.17. The normalized spacial score (nSPS) is 17.2. The van der Waals surface area contributed by atoms with Crippen molar-refractivity contribution in [2.24, 2.45) is 11.1 Å². The van der Waals surface area contributed by atoms with Crippen molar-refractivity contribution in [2.75, 3.05) is 32.2 Å². The summed E-state index contributed by atoms with van der Waals surface area (Å²) in [5, 5.41) is 16.2. The first-order valence-corrected chi connectivity index (χ1v) is 13.5. The molecule has 0 fully saturated rings. The van der Waals surface area contributed by atoms with Crippen molar-refractivity contribution in [1.29, 1.82) is 0 Å². The Balaban J connectivity index is 1.55. The molecule has 0 radical (unpaired) electrons. The number of para-hydroxylation sites is 1. The standard InChI is InChI=1S/C30H42N4O6/c1-30(2,16-23(31)25(35)18-32-28(37)26(39-3)14-20-10-6-5-7-11-20)17-27(36)34-19-22(33-29(38)40-4)15-21-12-8-9-13-24(21)34/h5-13,22-23,25-26,35H,14-19,31H2,1-4H3,(H,32,37)(H,33,38)/t22?,23-,25-,26?/m0/s1. The van der Waals surface area contributed by atoms with Crippen LogP contribution in [0.1, 0.15) is 37.8 Å². The summed E-state index contributed by atoms with van der Waals surface area (Å²) < 4.78 is 10.1. The molecule has 0 aromatic heterocycles. The van der Waals surface area contributed by atoms with E-state index in [1.165, 1.54) is 14.2 Å². The van der Waals surface area contributed by atoms with E-state index in [4.69, 9.17) is 15.2 Å². The van der Waals surface area contributed by atoms with E-state index in [2.05, 4.69) is 10.6 Å². The lowest BCUT2D eigenvalue weighted by Crippen LogP contribution is -2.51. The summed E-state index contributed by atoms with van der Waals surface area (Å²) in [4.78, 5) is 39.7. The number of aliphatic hydroxyl groups excluding tert-OH is 1. The molecule has 218 valence electrons. The van der Waals surface area contributed by atoms with Gasteiger partial charge in [0.25, 0.3) is 0 Å². The lowest BCUT2D eigenvalue weighted by atomic mass is 9.80. The Kier molecular flexibility index (Phi) is 11.1. The summed E-state index contributed by atoms with van der Waals surface area (Å²) in [6, 6.07) is 16.2. The van der Waals surface area contributed by atoms with E-state index < -0.39 is 29.8 Å². The maximum Gasteiger partial charge on any atom is 0.407 e. The maximum atomic E-state index is 13.5. The molecule has 0 bridgehead atoms. The third kappa shape index (κ3) is 8.77. The fraction of sp³-hybridized carbons (Fsp3) is 0.500. The molecular formula is C30H42N4O6. The molecule has 1 heterocycles. The number of nitrogens with zero attached hydrogens (tertiary/aromatic N) is 1. The fourth-order valence-corrected chi connectivity index (χ4v) is 5.09. The zero-order valence-corrected chi connectivity index (χ0v) is 23.8. The van der Waals surface area contributed by atoms with E-state index in [1.807, 2.05) is 68.4 Å². The number of nitrogens with two attached hydrogens (primary N) is 1. The molecule has 4 atom stereocenters. The summed E-state index contributed by atoms with van der Waals surface area (Å²) in [6.45, 7) is 4.15. The van der Waals surface area contributed by atoms with E-state index in [9.17, 15) is 19.5 Å². The minimum Gasteiger partial charge on any atom is -0.453 e. The van der Waals surface area contributed by atoms with Crippen LogP contribution in [-0.4, -0.2) is 74.6 Å². The van der Waals surface area contributed by atoms with Crippen LogP contribution in [0.5, 0.6) is 0 Å². The molecule has 10 heteroatoms. The molecule has 2 aromatic rings. The molecule has 2 aromatic carbocycles. The molecule has 0 saturated heterocycles. The first-order chi connectivity index (χ1) is 19.0. The van der Waals surface area contributed by atoms with E-state index in [0.29, 0.717) is 25.8 Å². The second-order valence-electron chi connectivity index (χ2n) is 11.1. The Morgan fingerprint density at radius 2 is 1.77 bits per heavy atom. The number of ether oxygens (including phenoxy) is 2. The Morgan fingerprint density at radius 1 is 1.10 bits per heavy atom. The van der Waals surface area contributed by atoms with E-state index >= 15 is 0 Å². The SMILES string of the molecule is COC(=O)NC1Cc2ccccc2N(C(=O)CC(C)(C)C[C@H](N)[C@@H](O)CNC(=O)C(Cc2ccccc2)OC)C1. The molecule has 1 aliphatic rings. The van der Waals surface area contributed by atoms with Gasteiger partial charge in [-0.05, 0) is 35.4 Å². The highest BCUT2D eigenvalue weighted by molar-refractivity contribution is 5.95. The van der Waals surface area contributed by atoms with Crippen LogP contribution in [0.4, 0.5) is 10.5 Å². The highest BCUT2D eigenvalue weighted by Gasteiger charge is 2.34. The molecule has 0 spiro atoms. The summed E-state index contributed by atoms with van der Waals surface area (Å²) in [5.41, 5.74) is 8.54. The quantitative estimate of drug-likeness (QED) is 0.315. The van der Waals surface area contributed by atoms with E-state index in [1.54, 1.807) is 4.90 Å². The first-order valence-electron chi connectivity index (χ1n) is 13.5. The molecule has 10 nitrogen and oxygen atoms in total. The van der Waals surface area contributed by atoms with Crippen LogP contribution in [0, 0.1) is 5.41 Å². The Hall–Kier alpha value is -3.47. The average Bonchev–Trinajstić information content (AvgIpc) is 2.93.